The quantitative estimate of drug-likeness (QED) is 0.260. The Morgan fingerprint density at radius 1 is 0.857 bits per heavy atom. The van der Waals surface area contributed by atoms with Crippen molar-refractivity contribution in [1.29, 1.82) is 0 Å². The summed E-state index contributed by atoms with van der Waals surface area (Å²) >= 11 is 0. The smallest absolute Gasteiger partial charge is 0.0873 e. The van der Waals surface area contributed by atoms with E-state index < -0.39 is 0 Å². The summed E-state index contributed by atoms with van der Waals surface area (Å²) in [4.78, 5) is 0. The summed E-state index contributed by atoms with van der Waals surface area (Å²) < 4.78 is 5.53. The van der Waals surface area contributed by atoms with E-state index in [0.717, 1.165) is 18.9 Å². The summed E-state index contributed by atoms with van der Waals surface area (Å²) in [6.07, 6.45) is 17.3. The normalized spacial score (nSPS) is 13.8. The highest BCUT2D eigenvalue weighted by molar-refractivity contribution is 4.75. The van der Waals surface area contributed by atoms with Gasteiger partial charge in [-0.15, -0.1) is 0 Å². The van der Waals surface area contributed by atoms with Gasteiger partial charge in [0.15, 0.2) is 0 Å². The minimum absolute atomic E-state index is 0.433. The lowest BCUT2D eigenvalue weighted by atomic mass is 9.75. The van der Waals surface area contributed by atoms with E-state index in [1.165, 1.54) is 57.8 Å². The maximum absolute atomic E-state index is 5.53. The Bertz CT molecular complexity index is 237. The van der Waals surface area contributed by atoms with Crippen LogP contribution in [0.4, 0.5) is 0 Å². The molecule has 21 heavy (non-hydrogen) atoms. The zero-order chi connectivity index (χ0) is 16.0. The number of hydrogen-bond donors (Lipinski definition) is 0. The van der Waals surface area contributed by atoms with Crippen LogP contribution in [-0.4, -0.2) is 6.61 Å². The Morgan fingerprint density at radius 2 is 1.48 bits per heavy atom. The van der Waals surface area contributed by atoms with E-state index in [-0.39, 0.29) is 0 Å². The van der Waals surface area contributed by atoms with Crippen LogP contribution >= 0.6 is 0 Å². The molecular formula is C20H40O. The molecule has 1 atom stereocenters. The first kappa shape index (κ1) is 20.5. The highest BCUT2D eigenvalue weighted by Crippen LogP contribution is 2.34. The predicted molar refractivity (Wildman–Crippen MR) is 95.6 cm³/mol. The highest BCUT2D eigenvalue weighted by Gasteiger charge is 2.23. The van der Waals surface area contributed by atoms with E-state index in [0.29, 0.717) is 5.41 Å². The van der Waals surface area contributed by atoms with Crippen LogP contribution in [0.15, 0.2) is 12.3 Å². The van der Waals surface area contributed by atoms with Crippen LogP contribution < -0.4 is 0 Å². The lowest BCUT2D eigenvalue weighted by Gasteiger charge is -2.31. The first-order valence-corrected chi connectivity index (χ1v) is 9.29. The monoisotopic (exact) mass is 296 g/mol. The van der Waals surface area contributed by atoms with Gasteiger partial charge >= 0.3 is 0 Å². The van der Waals surface area contributed by atoms with Crippen LogP contribution in [0.3, 0.4) is 0 Å². The average Bonchev–Trinajstić information content (AvgIpc) is 2.42. The molecule has 0 aromatic heterocycles. The second kappa shape index (κ2) is 13.2. The van der Waals surface area contributed by atoms with Crippen molar-refractivity contribution in [3.63, 3.8) is 0 Å². The number of rotatable bonds is 13. The topological polar surface area (TPSA) is 9.23 Å². The maximum Gasteiger partial charge on any atom is 0.0873 e. The van der Waals surface area contributed by atoms with Crippen molar-refractivity contribution in [2.75, 3.05) is 6.61 Å². The molecule has 0 amide bonds. The van der Waals surface area contributed by atoms with Crippen LogP contribution in [-0.2, 0) is 4.74 Å². The van der Waals surface area contributed by atoms with Crippen molar-refractivity contribution in [1.82, 2.24) is 0 Å². The van der Waals surface area contributed by atoms with Crippen molar-refractivity contribution >= 4 is 0 Å². The van der Waals surface area contributed by atoms with E-state index >= 15 is 0 Å². The predicted octanol–water partition coefficient (Wildman–Crippen LogP) is 7.12. The van der Waals surface area contributed by atoms with Gasteiger partial charge in [0.25, 0.3) is 0 Å². The molecule has 0 spiro atoms. The Kier molecular flexibility index (Phi) is 12.9. The molecule has 126 valence electrons. The molecule has 0 fully saturated rings. The van der Waals surface area contributed by atoms with Crippen LogP contribution in [0.2, 0.25) is 0 Å². The molecule has 0 saturated heterocycles. The molecule has 0 bridgehead atoms. The Balaban J connectivity index is 3.81. The van der Waals surface area contributed by atoms with Gasteiger partial charge in [-0.3, -0.25) is 0 Å². The van der Waals surface area contributed by atoms with E-state index in [1.54, 1.807) is 0 Å². The molecule has 0 aromatic carbocycles. The van der Waals surface area contributed by atoms with Crippen LogP contribution in [0.5, 0.6) is 0 Å². The highest BCUT2D eigenvalue weighted by atomic mass is 16.5. The van der Waals surface area contributed by atoms with Crippen molar-refractivity contribution in [3.8, 4) is 0 Å². The van der Waals surface area contributed by atoms with Gasteiger partial charge in [0, 0.05) is 0 Å². The second-order valence-corrected chi connectivity index (χ2v) is 7.41. The lowest BCUT2D eigenvalue weighted by molar-refractivity contribution is 0.175. The van der Waals surface area contributed by atoms with E-state index in [9.17, 15) is 0 Å². The third-order valence-corrected chi connectivity index (χ3v) is 4.37. The number of hydrogen-bond acceptors (Lipinski definition) is 1. The Hall–Kier alpha value is -0.460. The largest absolute Gasteiger partial charge is 0.502 e. The third kappa shape index (κ3) is 13.0. The van der Waals surface area contributed by atoms with Gasteiger partial charge in [-0.25, -0.2) is 0 Å². The second-order valence-electron chi connectivity index (χ2n) is 7.41. The van der Waals surface area contributed by atoms with Crippen molar-refractivity contribution in [3.05, 3.63) is 12.3 Å². The molecule has 0 rings (SSSR count). The molecule has 1 nitrogen and oxygen atoms in total. The lowest BCUT2D eigenvalue weighted by Crippen LogP contribution is -2.21. The standard InChI is InChI=1S/C20H40O/c1-6-8-10-11-12-13-15-19(20(3,4)5)16-14-18-21-17-9-7-2/h9,17,19H,6-8,10-16,18H2,1-5H3. The summed E-state index contributed by atoms with van der Waals surface area (Å²) in [5.41, 5.74) is 0.433. The first-order chi connectivity index (χ1) is 10.0. The minimum Gasteiger partial charge on any atom is -0.502 e. The molecule has 0 aliphatic carbocycles. The van der Waals surface area contributed by atoms with Gasteiger partial charge in [-0.1, -0.05) is 79.2 Å². The van der Waals surface area contributed by atoms with Crippen LogP contribution in [0, 0.1) is 11.3 Å². The van der Waals surface area contributed by atoms with E-state index in [4.69, 9.17) is 4.74 Å². The fourth-order valence-corrected chi connectivity index (χ4v) is 2.83. The van der Waals surface area contributed by atoms with E-state index in [1.807, 2.05) is 6.26 Å². The molecule has 0 radical (unpaired) electrons. The Morgan fingerprint density at radius 3 is 2.10 bits per heavy atom. The van der Waals surface area contributed by atoms with Gasteiger partial charge in [-0.2, -0.15) is 0 Å². The third-order valence-electron chi connectivity index (χ3n) is 4.37. The average molecular weight is 297 g/mol. The minimum atomic E-state index is 0.433. The van der Waals surface area contributed by atoms with Gasteiger partial charge in [0.1, 0.15) is 0 Å². The summed E-state index contributed by atoms with van der Waals surface area (Å²) in [6, 6.07) is 0. The SMILES string of the molecule is CCC=COCCCC(CCCCCCCC)C(C)(C)C. The fraction of sp³-hybridized carbons (Fsp3) is 0.900. The maximum atomic E-state index is 5.53. The van der Waals surface area contributed by atoms with Crippen LogP contribution in [0.25, 0.3) is 0 Å². The van der Waals surface area contributed by atoms with E-state index in [2.05, 4.69) is 40.7 Å². The molecule has 0 heterocycles. The first-order valence-electron chi connectivity index (χ1n) is 9.29. The van der Waals surface area contributed by atoms with Gasteiger partial charge < -0.3 is 4.74 Å². The fourth-order valence-electron chi connectivity index (χ4n) is 2.83. The molecule has 0 N–H and O–H groups in total. The van der Waals surface area contributed by atoms with Gasteiger partial charge in [0.05, 0.1) is 12.9 Å². The molecule has 0 aromatic rings. The molecule has 1 unspecified atom stereocenters. The van der Waals surface area contributed by atoms with Gasteiger partial charge in [0.2, 0.25) is 0 Å². The van der Waals surface area contributed by atoms with Crippen molar-refractivity contribution in [2.45, 2.75) is 98.8 Å². The summed E-state index contributed by atoms with van der Waals surface area (Å²) in [6.45, 7) is 12.5. The van der Waals surface area contributed by atoms with Crippen molar-refractivity contribution in [2.24, 2.45) is 11.3 Å². The summed E-state index contributed by atoms with van der Waals surface area (Å²) in [5.74, 6) is 0.836. The zero-order valence-electron chi connectivity index (χ0n) is 15.4. The Labute approximate surface area is 134 Å². The van der Waals surface area contributed by atoms with Crippen LogP contribution in [0.1, 0.15) is 98.8 Å². The number of unbranched alkanes of at least 4 members (excludes halogenated alkanes) is 5. The van der Waals surface area contributed by atoms with Crippen molar-refractivity contribution < 1.29 is 4.74 Å². The molecule has 0 aliphatic heterocycles. The molecule has 0 aliphatic rings. The molecule has 0 saturated carbocycles. The molecule has 1 heteroatoms. The zero-order valence-corrected chi connectivity index (χ0v) is 15.4. The molecular weight excluding hydrogens is 256 g/mol. The van der Waals surface area contributed by atoms with Gasteiger partial charge in [-0.05, 0) is 37.0 Å². The number of ether oxygens (including phenoxy) is 1. The number of allylic oxidation sites excluding steroid dienone is 1. The summed E-state index contributed by atoms with van der Waals surface area (Å²) in [7, 11) is 0. The summed E-state index contributed by atoms with van der Waals surface area (Å²) in [5, 5.41) is 0.